The highest BCUT2D eigenvalue weighted by Crippen LogP contribution is 2.31. The van der Waals surface area contributed by atoms with Crippen molar-refractivity contribution in [3.63, 3.8) is 0 Å². The molecule has 1 unspecified atom stereocenters. The Kier molecular flexibility index (Phi) is 6.38. The van der Waals surface area contributed by atoms with Gasteiger partial charge in [0, 0.05) is 16.7 Å². The Morgan fingerprint density at radius 3 is 2.61 bits per heavy atom. The van der Waals surface area contributed by atoms with Gasteiger partial charge in [-0.15, -0.1) is 0 Å². The Labute approximate surface area is 215 Å². The van der Waals surface area contributed by atoms with Crippen LogP contribution in [-0.2, 0) is 9.53 Å². The first-order valence-corrected chi connectivity index (χ1v) is 12.2. The Morgan fingerprint density at radius 2 is 1.92 bits per heavy atom. The summed E-state index contributed by atoms with van der Waals surface area (Å²) in [4.78, 5) is 31.4. The van der Waals surface area contributed by atoms with Gasteiger partial charge in [-0.2, -0.15) is 0 Å². The van der Waals surface area contributed by atoms with Gasteiger partial charge in [0.2, 0.25) is 0 Å². The topological polar surface area (TPSA) is 83.0 Å². The summed E-state index contributed by atoms with van der Waals surface area (Å²) in [6.45, 7) is 1.74. The van der Waals surface area contributed by atoms with Crippen molar-refractivity contribution >= 4 is 35.0 Å². The summed E-state index contributed by atoms with van der Waals surface area (Å²) in [5, 5.41) is 0.606. The van der Waals surface area contributed by atoms with Crippen molar-refractivity contribution in [1.82, 2.24) is 4.57 Å². The maximum atomic E-state index is 13.6. The van der Waals surface area contributed by atoms with Crippen molar-refractivity contribution in [2.24, 2.45) is 4.99 Å². The second-order valence-electron chi connectivity index (χ2n) is 8.06. The number of hydrogen-bond donors (Lipinski definition) is 0. The molecule has 0 amide bonds. The fourth-order valence-corrected chi connectivity index (χ4v) is 5.37. The van der Waals surface area contributed by atoms with Crippen LogP contribution in [0.3, 0.4) is 0 Å². The number of esters is 1. The summed E-state index contributed by atoms with van der Waals surface area (Å²) in [7, 11) is 2.89. The van der Waals surface area contributed by atoms with Crippen LogP contribution in [0.15, 0.2) is 86.1 Å². The van der Waals surface area contributed by atoms with Crippen molar-refractivity contribution in [2.75, 3.05) is 14.2 Å². The van der Waals surface area contributed by atoms with Crippen molar-refractivity contribution < 1.29 is 18.7 Å². The molecule has 0 saturated heterocycles. The fraction of sp³-hybridized carbons (Fsp3) is 0.148. The molecular formula is C27H21ClN2O5S. The third-order valence-electron chi connectivity index (χ3n) is 5.87. The first-order valence-electron chi connectivity index (χ1n) is 11.0. The molecule has 182 valence electrons. The van der Waals surface area contributed by atoms with E-state index in [1.165, 1.54) is 23.0 Å². The maximum absolute atomic E-state index is 13.6. The van der Waals surface area contributed by atoms with E-state index >= 15 is 0 Å². The van der Waals surface area contributed by atoms with Crippen LogP contribution < -0.4 is 19.6 Å². The first-order chi connectivity index (χ1) is 17.4. The molecule has 3 heterocycles. The lowest BCUT2D eigenvalue weighted by Crippen LogP contribution is -2.39. The van der Waals surface area contributed by atoms with E-state index in [1.807, 2.05) is 36.4 Å². The number of ether oxygens (including phenoxy) is 2. The minimum atomic E-state index is -0.694. The van der Waals surface area contributed by atoms with E-state index in [-0.39, 0.29) is 5.56 Å². The number of furan rings is 1. The van der Waals surface area contributed by atoms with Crippen molar-refractivity contribution in [3.8, 4) is 17.1 Å². The molecular weight excluding hydrogens is 500 g/mol. The number of halogens is 1. The third kappa shape index (κ3) is 4.29. The van der Waals surface area contributed by atoms with Gasteiger partial charge in [0.05, 0.1) is 36.1 Å². The SMILES string of the molecule is COC(=O)C1=C(C)N=c2s/c(=C\c3ccc(-c4cccc(Cl)c4)o3)c(=O)n2C1c1ccc(OC)cc1. The number of fused-ring (bicyclic) bond motifs is 1. The predicted molar refractivity (Wildman–Crippen MR) is 138 cm³/mol. The molecule has 2 aromatic carbocycles. The highest BCUT2D eigenvalue weighted by Gasteiger charge is 2.33. The van der Waals surface area contributed by atoms with Crippen LogP contribution in [0, 0.1) is 0 Å². The summed E-state index contributed by atoms with van der Waals surface area (Å²) in [5.41, 5.74) is 2.09. The van der Waals surface area contributed by atoms with E-state index in [0.29, 0.717) is 42.9 Å². The second-order valence-corrected chi connectivity index (χ2v) is 9.50. The quantitative estimate of drug-likeness (QED) is 0.366. The zero-order valence-corrected chi connectivity index (χ0v) is 21.2. The molecule has 0 saturated carbocycles. The molecule has 0 N–H and O–H groups in total. The average molecular weight is 521 g/mol. The predicted octanol–water partition coefficient (Wildman–Crippen LogP) is 4.33. The summed E-state index contributed by atoms with van der Waals surface area (Å²) in [6.07, 6.45) is 1.68. The van der Waals surface area contributed by atoms with E-state index in [0.717, 1.165) is 11.1 Å². The largest absolute Gasteiger partial charge is 0.497 e. The highest BCUT2D eigenvalue weighted by atomic mass is 35.5. The van der Waals surface area contributed by atoms with Gasteiger partial charge >= 0.3 is 5.97 Å². The van der Waals surface area contributed by atoms with E-state index in [4.69, 9.17) is 25.5 Å². The Bertz CT molecular complexity index is 1680. The summed E-state index contributed by atoms with van der Waals surface area (Å²) >= 11 is 7.33. The molecule has 36 heavy (non-hydrogen) atoms. The van der Waals surface area contributed by atoms with E-state index < -0.39 is 12.0 Å². The number of hydrogen-bond acceptors (Lipinski definition) is 7. The summed E-state index contributed by atoms with van der Waals surface area (Å²) < 4.78 is 18.2. The monoisotopic (exact) mass is 520 g/mol. The van der Waals surface area contributed by atoms with Crippen molar-refractivity contribution in [3.05, 3.63) is 108 Å². The number of methoxy groups -OCH3 is 2. The van der Waals surface area contributed by atoms with Crippen LogP contribution >= 0.6 is 22.9 Å². The first kappa shape index (κ1) is 23.8. The molecule has 0 bridgehead atoms. The fourth-order valence-electron chi connectivity index (χ4n) is 4.15. The van der Waals surface area contributed by atoms with Gasteiger partial charge in [-0.3, -0.25) is 9.36 Å². The molecule has 2 aromatic heterocycles. The van der Waals surface area contributed by atoms with Crippen LogP contribution in [0.5, 0.6) is 5.75 Å². The van der Waals surface area contributed by atoms with Crippen LogP contribution in [0.1, 0.15) is 24.3 Å². The number of rotatable bonds is 5. The molecule has 1 aliphatic heterocycles. The van der Waals surface area contributed by atoms with Crippen molar-refractivity contribution in [1.29, 1.82) is 0 Å². The van der Waals surface area contributed by atoms with Crippen LogP contribution in [-0.4, -0.2) is 24.8 Å². The van der Waals surface area contributed by atoms with Crippen LogP contribution in [0.25, 0.3) is 17.4 Å². The third-order valence-corrected chi connectivity index (χ3v) is 7.09. The average Bonchev–Trinajstić information content (AvgIpc) is 3.47. The molecule has 0 radical (unpaired) electrons. The molecule has 0 aliphatic carbocycles. The van der Waals surface area contributed by atoms with Gasteiger partial charge in [-0.25, -0.2) is 9.79 Å². The standard InChI is InChI=1S/C27H21ClN2O5S/c1-15-23(26(32)34-3)24(16-7-9-19(33-2)10-8-16)30-25(31)22(36-27(30)29-15)14-20-11-12-21(35-20)17-5-4-6-18(28)13-17/h4-14,24H,1-3H3/b22-14-. The summed E-state index contributed by atoms with van der Waals surface area (Å²) in [6, 6.07) is 17.5. The molecule has 4 aromatic rings. The zero-order valence-electron chi connectivity index (χ0n) is 19.7. The summed E-state index contributed by atoms with van der Waals surface area (Å²) in [5.74, 6) is 1.28. The van der Waals surface area contributed by atoms with E-state index in [9.17, 15) is 9.59 Å². The lowest BCUT2D eigenvalue weighted by molar-refractivity contribution is -0.136. The van der Waals surface area contributed by atoms with Gasteiger partial charge in [0.1, 0.15) is 17.3 Å². The second kappa shape index (κ2) is 9.64. The Morgan fingerprint density at radius 1 is 1.14 bits per heavy atom. The Hall–Kier alpha value is -3.88. The minimum absolute atomic E-state index is 0.283. The zero-order chi connectivity index (χ0) is 25.4. The Balaban J connectivity index is 1.64. The van der Waals surface area contributed by atoms with E-state index in [1.54, 1.807) is 44.4 Å². The molecule has 9 heteroatoms. The van der Waals surface area contributed by atoms with Gasteiger partial charge in [0.15, 0.2) is 4.80 Å². The van der Waals surface area contributed by atoms with Gasteiger partial charge < -0.3 is 13.9 Å². The molecule has 7 nitrogen and oxygen atoms in total. The minimum Gasteiger partial charge on any atom is -0.497 e. The lowest BCUT2D eigenvalue weighted by atomic mass is 9.96. The van der Waals surface area contributed by atoms with Crippen LogP contribution in [0.4, 0.5) is 0 Å². The number of benzene rings is 2. The van der Waals surface area contributed by atoms with Gasteiger partial charge in [0.25, 0.3) is 5.56 Å². The number of thiazole rings is 1. The lowest BCUT2D eigenvalue weighted by Gasteiger charge is -2.24. The molecule has 0 fully saturated rings. The molecule has 1 atom stereocenters. The maximum Gasteiger partial charge on any atom is 0.338 e. The normalized spacial score (nSPS) is 15.4. The number of carbonyl (C=O) groups excluding carboxylic acids is 1. The highest BCUT2D eigenvalue weighted by molar-refractivity contribution is 7.07. The van der Waals surface area contributed by atoms with Gasteiger partial charge in [-0.1, -0.05) is 47.2 Å². The molecule has 5 rings (SSSR count). The number of carbonyl (C=O) groups is 1. The van der Waals surface area contributed by atoms with Crippen molar-refractivity contribution in [2.45, 2.75) is 13.0 Å². The molecule has 1 aliphatic rings. The van der Waals surface area contributed by atoms with E-state index in [2.05, 4.69) is 4.99 Å². The smallest absolute Gasteiger partial charge is 0.338 e. The molecule has 0 spiro atoms. The van der Waals surface area contributed by atoms with Gasteiger partial charge in [-0.05, 0) is 48.9 Å². The number of aromatic nitrogens is 1. The number of nitrogens with zero attached hydrogens (tertiary/aromatic N) is 2. The number of allylic oxidation sites excluding steroid dienone is 1. The van der Waals surface area contributed by atoms with Crippen LogP contribution in [0.2, 0.25) is 5.02 Å².